The molecule has 0 fully saturated rings. The van der Waals surface area contributed by atoms with E-state index < -0.39 is 39.9 Å². The van der Waals surface area contributed by atoms with Gasteiger partial charge in [0, 0.05) is 30.6 Å². The van der Waals surface area contributed by atoms with Crippen LogP contribution in [0.15, 0.2) is 0 Å². The van der Waals surface area contributed by atoms with E-state index >= 15 is 0 Å². The molecule has 3 atom stereocenters. The van der Waals surface area contributed by atoms with Gasteiger partial charge in [0.15, 0.2) is 5.78 Å². The highest BCUT2D eigenvalue weighted by atomic mass is 16.3. The van der Waals surface area contributed by atoms with Crippen LogP contribution in [0.5, 0.6) is 0 Å². The van der Waals surface area contributed by atoms with Gasteiger partial charge in [-0.05, 0) is 44.9 Å². The number of carbonyl (C=O) groups is 2. The number of hydrogen-bond donors (Lipinski definition) is 4. The third-order valence-electron chi connectivity index (χ3n) is 7.93. The molecule has 0 amide bonds. The first-order valence-electron chi connectivity index (χ1n) is 12.2. The molecule has 0 spiro atoms. The van der Waals surface area contributed by atoms with Crippen molar-refractivity contribution in [1.29, 1.82) is 0 Å². The molecule has 0 aromatic heterocycles. The number of rotatable bonds is 17. The molecule has 0 bridgehead atoms. The van der Waals surface area contributed by atoms with Crippen molar-refractivity contribution in [3.63, 3.8) is 0 Å². The summed E-state index contributed by atoms with van der Waals surface area (Å²) >= 11 is 0. The molecule has 4 N–H and O–H groups in total. The van der Waals surface area contributed by atoms with Crippen molar-refractivity contribution in [3.05, 3.63) is 0 Å². The van der Waals surface area contributed by atoms with Gasteiger partial charge in [0.05, 0.1) is 7.17 Å². The van der Waals surface area contributed by atoms with Crippen molar-refractivity contribution in [1.82, 2.24) is 10.6 Å². The monoisotopic (exact) mass is 445 g/mol. The van der Waals surface area contributed by atoms with Crippen LogP contribution in [0.1, 0.15) is 100 Å². The standard InChI is InChI=1S/C23H44B3N2O4/c1-9-20(8,17(30)19(26-25)28-23(32,14-6)15-7)22(12-4,13-5)27-18(24)16(29)21(31,10-2)11-3/h18-19,27-28,31-32H,9-15H2,1-8H3. The predicted octanol–water partition coefficient (Wildman–Crippen LogP) is 1.95. The predicted molar refractivity (Wildman–Crippen MR) is 134 cm³/mol. The van der Waals surface area contributed by atoms with Gasteiger partial charge in [-0.25, -0.2) is 0 Å². The fourth-order valence-corrected chi connectivity index (χ4v) is 4.68. The van der Waals surface area contributed by atoms with Crippen molar-refractivity contribution in [2.24, 2.45) is 5.41 Å². The lowest BCUT2D eigenvalue weighted by Crippen LogP contribution is -2.68. The average Bonchev–Trinajstić information content (AvgIpc) is 2.83. The Bertz CT molecular complexity index is 608. The van der Waals surface area contributed by atoms with Crippen LogP contribution in [0.2, 0.25) is 0 Å². The second-order valence-corrected chi connectivity index (χ2v) is 9.12. The fraction of sp³-hybridized carbons (Fsp3) is 0.913. The van der Waals surface area contributed by atoms with Gasteiger partial charge in [0.1, 0.15) is 25.0 Å². The van der Waals surface area contributed by atoms with Crippen molar-refractivity contribution < 1.29 is 19.8 Å². The zero-order valence-corrected chi connectivity index (χ0v) is 21.5. The SMILES string of the molecule is [B][B]C(NC(O)(CC)CC)C(=O)C(C)(CC)C(CC)(CC)NC([B])C(=O)C(O)(CC)CC. The molecule has 6 nitrogen and oxygen atoms in total. The lowest BCUT2D eigenvalue weighted by atomic mass is 9.46. The Labute approximate surface area is 199 Å². The normalized spacial score (nSPS) is 16.8. The smallest absolute Gasteiger partial charge is 0.171 e. The van der Waals surface area contributed by atoms with Gasteiger partial charge in [-0.15, -0.1) is 0 Å². The largest absolute Gasteiger partial charge is 0.382 e. The molecule has 5 radical (unpaired) electrons. The van der Waals surface area contributed by atoms with Crippen LogP contribution in [-0.2, 0) is 9.59 Å². The van der Waals surface area contributed by atoms with E-state index in [0.29, 0.717) is 32.1 Å². The number of aliphatic hydroxyl groups is 2. The average molecular weight is 445 g/mol. The quantitative estimate of drug-likeness (QED) is 0.202. The minimum Gasteiger partial charge on any atom is -0.382 e. The Hall–Kier alpha value is -0.625. The summed E-state index contributed by atoms with van der Waals surface area (Å²) in [6, 6.07) is 0. The van der Waals surface area contributed by atoms with Crippen LogP contribution < -0.4 is 10.6 Å². The van der Waals surface area contributed by atoms with Gasteiger partial charge in [0.2, 0.25) is 0 Å². The molecular weight excluding hydrogens is 401 g/mol. The van der Waals surface area contributed by atoms with Crippen LogP contribution in [0.25, 0.3) is 0 Å². The summed E-state index contributed by atoms with van der Waals surface area (Å²) < 4.78 is 0. The van der Waals surface area contributed by atoms with Crippen LogP contribution in [0.4, 0.5) is 0 Å². The Morgan fingerprint density at radius 3 is 1.59 bits per heavy atom. The molecule has 0 rings (SSSR count). The van der Waals surface area contributed by atoms with E-state index in [1.165, 1.54) is 7.17 Å². The first-order valence-corrected chi connectivity index (χ1v) is 12.2. The van der Waals surface area contributed by atoms with Crippen LogP contribution in [-0.4, -0.2) is 73.3 Å². The van der Waals surface area contributed by atoms with Gasteiger partial charge in [-0.3, -0.25) is 14.9 Å². The van der Waals surface area contributed by atoms with Crippen molar-refractivity contribution in [3.8, 4) is 0 Å². The highest BCUT2D eigenvalue weighted by molar-refractivity contribution is 6.92. The maximum Gasteiger partial charge on any atom is 0.171 e. The molecule has 0 aromatic rings. The minimum absolute atomic E-state index is 0.181. The van der Waals surface area contributed by atoms with Crippen molar-refractivity contribution in [2.45, 2.75) is 129 Å². The molecule has 9 heteroatoms. The van der Waals surface area contributed by atoms with E-state index in [0.717, 1.165) is 0 Å². The summed E-state index contributed by atoms with van der Waals surface area (Å²) in [6.07, 6.45) is 2.87. The highest BCUT2D eigenvalue weighted by Crippen LogP contribution is 2.42. The van der Waals surface area contributed by atoms with Gasteiger partial charge in [-0.1, -0.05) is 55.4 Å². The van der Waals surface area contributed by atoms with Gasteiger partial charge < -0.3 is 15.5 Å². The summed E-state index contributed by atoms with van der Waals surface area (Å²) in [6.45, 7) is 14.8. The zero-order chi connectivity index (χ0) is 25.4. The summed E-state index contributed by atoms with van der Waals surface area (Å²) in [5.74, 6) is -2.67. The lowest BCUT2D eigenvalue weighted by Gasteiger charge is -2.51. The van der Waals surface area contributed by atoms with Crippen molar-refractivity contribution >= 4 is 34.3 Å². The van der Waals surface area contributed by atoms with Gasteiger partial charge in [0.25, 0.3) is 0 Å². The second kappa shape index (κ2) is 12.7. The van der Waals surface area contributed by atoms with Crippen molar-refractivity contribution in [2.75, 3.05) is 0 Å². The maximum atomic E-state index is 13.9. The summed E-state index contributed by atoms with van der Waals surface area (Å²) in [7, 11) is 13.4. The van der Waals surface area contributed by atoms with E-state index in [4.69, 9.17) is 15.6 Å². The molecule has 0 heterocycles. The summed E-state index contributed by atoms with van der Waals surface area (Å²) in [5.41, 5.74) is -4.51. The Morgan fingerprint density at radius 2 is 1.28 bits per heavy atom. The molecular formula is C23H44B3N2O4. The van der Waals surface area contributed by atoms with Crippen LogP contribution in [0, 0.1) is 5.41 Å². The fourth-order valence-electron chi connectivity index (χ4n) is 4.68. The maximum absolute atomic E-state index is 13.9. The molecule has 0 saturated heterocycles. The molecule has 0 aromatic carbocycles. The Kier molecular flexibility index (Phi) is 12.5. The van der Waals surface area contributed by atoms with E-state index in [1.807, 2.05) is 41.5 Å². The molecule has 32 heavy (non-hydrogen) atoms. The summed E-state index contributed by atoms with van der Waals surface area (Å²) in [4.78, 5) is 26.8. The van der Waals surface area contributed by atoms with E-state index in [1.54, 1.807) is 13.8 Å². The number of Topliss-reactive ketones (excluding diaryl/α,β-unsaturated/α-hetero) is 2. The lowest BCUT2D eigenvalue weighted by molar-refractivity contribution is -0.142. The van der Waals surface area contributed by atoms with Gasteiger partial charge in [-0.2, -0.15) is 0 Å². The zero-order valence-electron chi connectivity index (χ0n) is 21.5. The van der Waals surface area contributed by atoms with Gasteiger partial charge >= 0.3 is 0 Å². The molecule has 0 aliphatic carbocycles. The Balaban J connectivity index is 6.22. The number of nitrogens with one attached hydrogen (secondary N) is 2. The van der Waals surface area contributed by atoms with E-state index in [2.05, 4.69) is 10.6 Å². The number of carbonyl (C=O) groups excluding carboxylic acids is 2. The molecule has 0 aliphatic rings. The third kappa shape index (κ3) is 6.28. The topological polar surface area (TPSA) is 98.7 Å². The number of ketones is 2. The number of hydrogen-bond acceptors (Lipinski definition) is 6. The second-order valence-electron chi connectivity index (χ2n) is 9.12. The minimum atomic E-state index is -1.51. The molecule has 3 unspecified atom stereocenters. The van der Waals surface area contributed by atoms with E-state index in [-0.39, 0.29) is 18.6 Å². The third-order valence-corrected chi connectivity index (χ3v) is 7.93. The first-order chi connectivity index (χ1) is 14.8. The first kappa shape index (κ1) is 31.4. The Morgan fingerprint density at radius 1 is 0.812 bits per heavy atom. The van der Waals surface area contributed by atoms with E-state index in [9.17, 15) is 19.8 Å². The van der Waals surface area contributed by atoms with Crippen LogP contribution >= 0.6 is 0 Å². The molecule has 0 saturated carbocycles. The van der Waals surface area contributed by atoms with Crippen LogP contribution in [0.3, 0.4) is 0 Å². The summed E-state index contributed by atoms with van der Waals surface area (Å²) in [5, 5.41) is 27.7. The molecule has 179 valence electrons. The molecule has 0 aliphatic heterocycles. The highest BCUT2D eigenvalue weighted by Gasteiger charge is 2.52.